The average molecular weight is 378 g/mol. The molecule has 0 aliphatic heterocycles. The predicted molar refractivity (Wildman–Crippen MR) is 88.7 cm³/mol. The van der Waals surface area contributed by atoms with Crippen LogP contribution in [0.25, 0.3) is 0 Å². The van der Waals surface area contributed by atoms with E-state index < -0.39 is 17.5 Å². The summed E-state index contributed by atoms with van der Waals surface area (Å²) in [6, 6.07) is 18.2. The van der Waals surface area contributed by atoms with Gasteiger partial charge in [-0.05, 0) is 48.5 Å². The Hall–Kier alpha value is -2.27. The third-order valence-electron chi connectivity index (χ3n) is 3.35. The number of rotatable bonds is 3. The molecular formula is C18H11BrF3N. The zero-order valence-corrected chi connectivity index (χ0v) is 13.4. The van der Waals surface area contributed by atoms with Crippen LogP contribution in [0, 0.1) is 17.5 Å². The summed E-state index contributed by atoms with van der Waals surface area (Å²) in [6.45, 7) is 0. The van der Waals surface area contributed by atoms with E-state index in [1.807, 2.05) is 6.07 Å². The van der Waals surface area contributed by atoms with Crippen molar-refractivity contribution in [1.29, 1.82) is 0 Å². The second kappa shape index (κ2) is 6.46. The maximum Gasteiger partial charge on any atom is 0.196 e. The van der Waals surface area contributed by atoms with Crippen molar-refractivity contribution in [3.8, 4) is 0 Å². The second-order valence-corrected chi connectivity index (χ2v) is 5.76. The van der Waals surface area contributed by atoms with Crippen LogP contribution in [0.2, 0.25) is 0 Å². The van der Waals surface area contributed by atoms with Crippen LogP contribution in [0.15, 0.2) is 71.2 Å². The summed E-state index contributed by atoms with van der Waals surface area (Å²) in [6.07, 6.45) is 0. The average Bonchev–Trinajstić information content (AvgIpc) is 2.58. The number of para-hydroxylation sites is 1. The molecule has 3 rings (SSSR count). The molecule has 0 spiro atoms. The molecule has 0 radical (unpaired) electrons. The maximum atomic E-state index is 14.3. The largest absolute Gasteiger partial charge is 0.308 e. The van der Waals surface area contributed by atoms with E-state index in [0.717, 1.165) is 10.5 Å². The molecule has 0 unspecified atom stereocenters. The van der Waals surface area contributed by atoms with Gasteiger partial charge in [-0.15, -0.1) is 0 Å². The van der Waals surface area contributed by atoms with Gasteiger partial charge >= 0.3 is 0 Å². The molecule has 0 saturated carbocycles. The lowest BCUT2D eigenvalue weighted by Crippen LogP contribution is -2.12. The summed E-state index contributed by atoms with van der Waals surface area (Å²) >= 11 is 3.34. The molecule has 0 atom stereocenters. The molecule has 3 aromatic carbocycles. The van der Waals surface area contributed by atoms with Crippen molar-refractivity contribution in [2.75, 3.05) is 4.90 Å². The molecule has 0 aromatic heterocycles. The topological polar surface area (TPSA) is 3.24 Å². The Morgan fingerprint density at radius 2 is 1.26 bits per heavy atom. The van der Waals surface area contributed by atoms with E-state index in [-0.39, 0.29) is 5.69 Å². The van der Waals surface area contributed by atoms with Crippen molar-refractivity contribution < 1.29 is 13.2 Å². The minimum absolute atomic E-state index is 0.0579. The zero-order valence-electron chi connectivity index (χ0n) is 11.8. The van der Waals surface area contributed by atoms with Crippen molar-refractivity contribution in [3.05, 3.63) is 88.7 Å². The van der Waals surface area contributed by atoms with Crippen LogP contribution >= 0.6 is 15.9 Å². The van der Waals surface area contributed by atoms with Crippen LogP contribution in [0.3, 0.4) is 0 Å². The summed E-state index contributed by atoms with van der Waals surface area (Å²) in [4.78, 5) is 1.53. The first-order chi connectivity index (χ1) is 11.1. The van der Waals surface area contributed by atoms with Gasteiger partial charge in [-0.25, -0.2) is 13.2 Å². The minimum atomic E-state index is -1.49. The highest BCUT2D eigenvalue weighted by Gasteiger charge is 2.20. The number of nitrogens with zero attached hydrogens (tertiary/aromatic N) is 1. The van der Waals surface area contributed by atoms with Crippen LogP contribution in [-0.2, 0) is 0 Å². The van der Waals surface area contributed by atoms with Gasteiger partial charge in [0, 0.05) is 15.8 Å². The molecule has 0 heterocycles. The first-order valence-electron chi connectivity index (χ1n) is 6.82. The lowest BCUT2D eigenvalue weighted by Gasteiger charge is -2.26. The van der Waals surface area contributed by atoms with E-state index >= 15 is 0 Å². The molecule has 23 heavy (non-hydrogen) atoms. The third-order valence-corrected chi connectivity index (χ3v) is 3.88. The molecule has 0 saturated heterocycles. The second-order valence-electron chi connectivity index (χ2n) is 4.84. The lowest BCUT2D eigenvalue weighted by molar-refractivity contribution is 0.448. The van der Waals surface area contributed by atoms with Gasteiger partial charge in [-0.2, -0.15) is 0 Å². The Balaban J connectivity index is 2.21. The van der Waals surface area contributed by atoms with Crippen molar-refractivity contribution in [3.63, 3.8) is 0 Å². The van der Waals surface area contributed by atoms with Crippen LogP contribution in [0.1, 0.15) is 0 Å². The number of halogens is 4. The van der Waals surface area contributed by atoms with E-state index in [0.29, 0.717) is 11.4 Å². The molecule has 116 valence electrons. The summed E-state index contributed by atoms with van der Waals surface area (Å²) in [5, 5.41) is 0. The molecule has 0 aliphatic rings. The van der Waals surface area contributed by atoms with Gasteiger partial charge in [-0.1, -0.05) is 34.1 Å². The molecule has 0 N–H and O–H groups in total. The van der Waals surface area contributed by atoms with E-state index in [2.05, 4.69) is 15.9 Å². The number of anilines is 3. The first kappa shape index (κ1) is 15.6. The van der Waals surface area contributed by atoms with Crippen molar-refractivity contribution in [2.45, 2.75) is 0 Å². The first-order valence-corrected chi connectivity index (χ1v) is 7.61. The monoisotopic (exact) mass is 377 g/mol. The van der Waals surface area contributed by atoms with Crippen LogP contribution < -0.4 is 4.90 Å². The number of hydrogen-bond acceptors (Lipinski definition) is 1. The summed E-state index contributed by atoms with van der Waals surface area (Å²) in [5.41, 5.74) is 1.21. The SMILES string of the molecule is Fc1ccc(N(c2ccccc2)c2ccc(Br)cc2)c(F)c1F. The lowest BCUT2D eigenvalue weighted by atomic mass is 10.2. The highest BCUT2D eigenvalue weighted by molar-refractivity contribution is 9.10. The third kappa shape index (κ3) is 3.10. The van der Waals surface area contributed by atoms with Gasteiger partial charge in [0.25, 0.3) is 0 Å². The highest BCUT2D eigenvalue weighted by atomic mass is 79.9. The normalized spacial score (nSPS) is 10.6. The molecule has 3 aromatic rings. The fourth-order valence-corrected chi connectivity index (χ4v) is 2.55. The van der Waals surface area contributed by atoms with Crippen LogP contribution in [0.4, 0.5) is 30.2 Å². The maximum absolute atomic E-state index is 14.3. The number of benzene rings is 3. The van der Waals surface area contributed by atoms with E-state index in [4.69, 9.17) is 0 Å². The predicted octanol–water partition coefficient (Wildman–Crippen LogP) is 6.34. The smallest absolute Gasteiger partial charge is 0.196 e. The molecular weight excluding hydrogens is 367 g/mol. The quantitative estimate of drug-likeness (QED) is 0.481. The van der Waals surface area contributed by atoms with Gasteiger partial charge in [0.05, 0.1) is 5.69 Å². The minimum Gasteiger partial charge on any atom is -0.308 e. The van der Waals surface area contributed by atoms with E-state index in [9.17, 15) is 13.2 Å². The fourth-order valence-electron chi connectivity index (χ4n) is 2.28. The van der Waals surface area contributed by atoms with Crippen LogP contribution in [0.5, 0.6) is 0 Å². The van der Waals surface area contributed by atoms with Crippen LogP contribution in [-0.4, -0.2) is 0 Å². The Labute approximate surface area is 140 Å². The Kier molecular flexibility index (Phi) is 4.39. The molecule has 1 nitrogen and oxygen atoms in total. The Bertz CT molecular complexity index is 820. The van der Waals surface area contributed by atoms with Gasteiger partial charge in [0.15, 0.2) is 17.5 Å². The fraction of sp³-hybridized carbons (Fsp3) is 0. The highest BCUT2D eigenvalue weighted by Crippen LogP contribution is 2.37. The molecule has 0 fully saturated rings. The summed E-state index contributed by atoms with van der Waals surface area (Å²) < 4.78 is 42.1. The van der Waals surface area contributed by atoms with Crippen molar-refractivity contribution in [1.82, 2.24) is 0 Å². The standard InChI is InChI=1S/C18H11BrF3N/c19-12-6-8-14(9-7-12)23(13-4-2-1-3-5-13)16-11-10-15(20)17(21)18(16)22/h1-11H. The molecule has 5 heteroatoms. The Morgan fingerprint density at radius 3 is 1.91 bits per heavy atom. The van der Waals surface area contributed by atoms with Crippen molar-refractivity contribution >= 4 is 33.0 Å². The Morgan fingerprint density at radius 1 is 0.652 bits per heavy atom. The van der Waals surface area contributed by atoms with E-state index in [1.165, 1.54) is 11.0 Å². The molecule has 0 bridgehead atoms. The van der Waals surface area contributed by atoms with Gasteiger partial charge < -0.3 is 4.90 Å². The van der Waals surface area contributed by atoms with Gasteiger partial charge in [0.2, 0.25) is 0 Å². The van der Waals surface area contributed by atoms with Gasteiger partial charge in [0.1, 0.15) is 0 Å². The number of hydrogen-bond donors (Lipinski definition) is 0. The van der Waals surface area contributed by atoms with Crippen molar-refractivity contribution in [2.24, 2.45) is 0 Å². The van der Waals surface area contributed by atoms with E-state index in [1.54, 1.807) is 48.5 Å². The van der Waals surface area contributed by atoms with Gasteiger partial charge in [-0.3, -0.25) is 0 Å². The molecule has 0 aliphatic carbocycles. The molecule has 0 amide bonds. The zero-order chi connectivity index (χ0) is 16.4. The summed E-state index contributed by atoms with van der Waals surface area (Å²) in [7, 11) is 0. The summed E-state index contributed by atoms with van der Waals surface area (Å²) in [5.74, 6) is -3.92.